The molecule has 22 heavy (non-hydrogen) atoms. The first-order chi connectivity index (χ1) is 10.8. The van der Waals surface area contributed by atoms with Crippen LogP contribution in [0, 0.1) is 5.92 Å². The molecule has 1 saturated heterocycles. The molecule has 2 fully saturated rings. The van der Waals surface area contributed by atoms with E-state index in [0.29, 0.717) is 6.54 Å². The number of hydrogen-bond donors (Lipinski definition) is 1. The number of amides is 1. The van der Waals surface area contributed by atoms with E-state index in [0.717, 1.165) is 50.5 Å². The summed E-state index contributed by atoms with van der Waals surface area (Å²) >= 11 is 0. The number of rotatable bonds is 6. The smallest absolute Gasteiger partial charge is 0.223 e. The van der Waals surface area contributed by atoms with Crippen LogP contribution in [0.1, 0.15) is 24.4 Å². The fourth-order valence-corrected chi connectivity index (χ4v) is 2.95. The first-order valence-corrected chi connectivity index (χ1v) is 8.02. The highest BCUT2D eigenvalue weighted by Crippen LogP contribution is 2.31. The summed E-state index contributed by atoms with van der Waals surface area (Å²) in [5, 5.41) is 3.11. The van der Waals surface area contributed by atoms with Crippen LogP contribution in [0.15, 0.2) is 24.3 Å². The standard InChI is InChI=1S/C17H24N2O3/c1-21-16-5-3-2-4-14(16)15(19-8-10-22-11-9-19)12-18-17(20)13-6-7-13/h2-5,13,15H,6-12H2,1H3,(H,18,20). The fraction of sp³-hybridized carbons (Fsp3) is 0.588. The second kappa shape index (κ2) is 7.11. The van der Waals surface area contributed by atoms with Gasteiger partial charge in [-0.1, -0.05) is 18.2 Å². The highest BCUT2D eigenvalue weighted by atomic mass is 16.5. The van der Waals surface area contributed by atoms with Crippen molar-refractivity contribution in [3.8, 4) is 5.75 Å². The van der Waals surface area contributed by atoms with E-state index in [1.54, 1.807) is 7.11 Å². The maximum Gasteiger partial charge on any atom is 0.223 e. The van der Waals surface area contributed by atoms with Crippen LogP contribution in [0.3, 0.4) is 0 Å². The molecule has 0 radical (unpaired) electrons. The summed E-state index contributed by atoms with van der Waals surface area (Å²) in [6.07, 6.45) is 2.06. The van der Waals surface area contributed by atoms with Gasteiger partial charge in [0.05, 0.1) is 26.4 Å². The molecule has 5 nitrogen and oxygen atoms in total. The minimum absolute atomic E-state index is 0.128. The zero-order chi connectivity index (χ0) is 15.4. The van der Waals surface area contributed by atoms with Gasteiger partial charge in [-0.05, 0) is 18.9 Å². The maximum absolute atomic E-state index is 12.0. The monoisotopic (exact) mass is 304 g/mol. The molecule has 1 heterocycles. The van der Waals surface area contributed by atoms with Crippen molar-refractivity contribution in [1.29, 1.82) is 0 Å². The summed E-state index contributed by atoms with van der Waals surface area (Å²) in [4.78, 5) is 14.4. The van der Waals surface area contributed by atoms with Gasteiger partial charge in [-0.25, -0.2) is 0 Å². The molecule has 1 N–H and O–H groups in total. The van der Waals surface area contributed by atoms with Gasteiger partial charge < -0.3 is 14.8 Å². The molecule has 1 amide bonds. The first-order valence-electron chi connectivity index (χ1n) is 8.02. The minimum atomic E-state index is 0.128. The second-order valence-corrected chi connectivity index (χ2v) is 5.93. The molecule has 5 heteroatoms. The molecule has 1 aromatic carbocycles. The Bertz CT molecular complexity index is 510. The van der Waals surface area contributed by atoms with E-state index in [9.17, 15) is 4.79 Å². The van der Waals surface area contributed by atoms with Gasteiger partial charge in [0, 0.05) is 31.1 Å². The summed E-state index contributed by atoms with van der Waals surface area (Å²) in [5.41, 5.74) is 1.13. The van der Waals surface area contributed by atoms with Crippen molar-refractivity contribution in [2.24, 2.45) is 5.92 Å². The molecule has 3 rings (SSSR count). The van der Waals surface area contributed by atoms with Crippen molar-refractivity contribution >= 4 is 5.91 Å². The summed E-state index contributed by atoms with van der Waals surface area (Å²) in [7, 11) is 1.69. The fourth-order valence-electron chi connectivity index (χ4n) is 2.95. The summed E-state index contributed by atoms with van der Waals surface area (Å²) in [6, 6.07) is 8.19. The van der Waals surface area contributed by atoms with Crippen LogP contribution in [-0.4, -0.2) is 50.8 Å². The molecule has 1 atom stereocenters. The highest BCUT2D eigenvalue weighted by Gasteiger charge is 2.31. The largest absolute Gasteiger partial charge is 0.496 e. The Morgan fingerprint density at radius 1 is 1.36 bits per heavy atom. The van der Waals surface area contributed by atoms with Crippen molar-refractivity contribution in [1.82, 2.24) is 10.2 Å². The van der Waals surface area contributed by atoms with Crippen LogP contribution in [0.25, 0.3) is 0 Å². The molecule has 0 spiro atoms. The number of nitrogens with one attached hydrogen (secondary N) is 1. The molecule has 1 saturated carbocycles. The average Bonchev–Trinajstić information content (AvgIpc) is 3.41. The Morgan fingerprint density at radius 3 is 2.77 bits per heavy atom. The third-order valence-electron chi connectivity index (χ3n) is 4.40. The van der Waals surface area contributed by atoms with Crippen molar-refractivity contribution in [2.75, 3.05) is 40.0 Å². The predicted octanol–water partition coefficient (Wildman–Crippen LogP) is 1.59. The SMILES string of the molecule is COc1ccccc1C(CNC(=O)C1CC1)N1CCOCC1. The van der Waals surface area contributed by atoms with Crippen molar-refractivity contribution in [3.63, 3.8) is 0 Å². The molecule has 0 bridgehead atoms. The van der Waals surface area contributed by atoms with Gasteiger partial charge in [-0.3, -0.25) is 9.69 Å². The van der Waals surface area contributed by atoms with Gasteiger partial charge >= 0.3 is 0 Å². The molecule has 1 unspecified atom stereocenters. The van der Waals surface area contributed by atoms with Gasteiger partial charge in [0.25, 0.3) is 0 Å². The van der Waals surface area contributed by atoms with Crippen LogP contribution in [0.2, 0.25) is 0 Å². The van der Waals surface area contributed by atoms with Crippen molar-refractivity contribution < 1.29 is 14.3 Å². The molecular formula is C17H24N2O3. The Hall–Kier alpha value is -1.59. The summed E-state index contributed by atoms with van der Waals surface area (Å²) in [5.74, 6) is 1.30. The molecule has 120 valence electrons. The lowest BCUT2D eigenvalue weighted by atomic mass is 10.0. The molecule has 1 aliphatic heterocycles. The van der Waals surface area contributed by atoms with Gasteiger partial charge in [0.15, 0.2) is 0 Å². The molecule has 0 aromatic heterocycles. The van der Waals surface area contributed by atoms with Gasteiger partial charge in [0.1, 0.15) is 5.75 Å². The first kappa shape index (κ1) is 15.3. The van der Waals surface area contributed by atoms with E-state index in [2.05, 4.69) is 16.3 Å². The van der Waals surface area contributed by atoms with E-state index in [1.807, 2.05) is 18.2 Å². The van der Waals surface area contributed by atoms with Crippen LogP contribution in [0.4, 0.5) is 0 Å². The Morgan fingerprint density at radius 2 is 2.09 bits per heavy atom. The van der Waals surface area contributed by atoms with E-state index >= 15 is 0 Å². The number of carbonyl (C=O) groups excluding carboxylic acids is 1. The Balaban J connectivity index is 1.76. The third kappa shape index (κ3) is 3.59. The number of para-hydroxylation sites is 1. The lowest BCUT2D eigenvalue weighted by Crippen LogP contribution is -2.44. The number of carbonyl (C=O) groups is 1. The average molecular weight is 304 g/mol. The lowest BCUT2D eigenvalue weighted by Gasteiger charge is -2.35. The molecular weight excluding hydrogens is 280 g/mol. The number of ether oxygens (including phenoxy) is 2. The Kier molecular flexibility index (Phi) is 4.95. The maximum atomic E-state index is 12.0. The summed E-state index contributed by atoms with van der Waals surface area (Å²) < 4.78 is 11.0. The molecule has 2 aliphatic rings. The van der Waals surface area contributed by atoms with E-state index in [4.69, 9.17) is 9.47 Å². The summed E-state index contributed by atoms with van der Waals surface area (Å²) in [6.45, 7) is 3.85. The number of nitrogens with zero attached hydrogens (tertiary/aromatic N) is 1. The number of morpholine rings is 1. The number of hydrogen-bond acceptors (Lipinski definition) is 4. The number of methoxy groups -OCH3 is 1. The third-order valence-corrected chi connectivity index (χ3v) is 4.40. The van der Waals surface area contributed by atoms with Crippen LogP contribution in [0.5, 0.6) is 5.75 Å². The second-order valence-electron chi connectivity index (χ2n) is 5.93. The minimum Gasteiger partial charge on any atom is -0.496 e. The van der Waals surface area contributed by atoms with E-state index in [1.165, 1.54) is 0 Å². The van der Waals surface area contributed by atoms with Gasteiger partial charge in [-0.2, -0.15) is 0 Å². The van der Waals surface area contributed by atoms with Crippen molar-refractivity contribution in [2.45, 2.75) is 18.9 Å². The topological polar surface area (TPSA) is 50.8 Å². The predicted molar refractivity (Wildman–Crippen MR) is 83.9 cm³/mol. The Labute approximate surface area is 131 Å². The lowest BCUT2D eigenvalue weighted by molar-refractivity contribution is -0.122. The molecule has 1 aliphatic carbocycles. The van der Waals surface area contributed by atoms with Gasteiger partial charge in [0.2, 0.25) is 5.91 Å². The van der Waals surface area contributed by atoms with E-state index < -0.39 is 0 Å². The van der Waals surface area contributed by atoms with E-state index in [-0.39, 0.29) is 17.9 Å². The highest BCUT2D eigenvalue weighted by molar-refractivity contribution is 5.80. The molecule has 1 aromatic rings. The number of benzene rings is 1. The zero-order valence-electron chi connectivity index (χ0n) is 13.1. The zero-order valence-corrected chi connectivity index (χ0v) is 13.1. The van der Waals surface area contributed by atoms with Crippen molar-refractivity contribution in [3.05, 3.63) is 29.8 Å². The van der Waals surface area contributed by atoms with Crippen LogP contribution in [-0.2, 0) is 9.53 Å². The van der Waals surface area contributed by atoms with Gasteiger partial charge in [-0.15, -0.1) is 0 Å². The van der Waals surface area contributed by atoms with Crippen LogP contribution < -0.4 is 10.1 Å². The normalized spacial score (nSPS) is 20.4. The quantitative estimate of drug-likeness (QED) is 0.867. The van der Waals surface area contributed by atoms with Crippen LogP contribution >= 0.6 is 0 Å².